The SMILES string of the molecule is CN1CCN(c2nc3c(c(=O)[nH]2)CCNC3)CC1.Cl.Cl. The Hall–Kier alpha value is -0.820. The standard InChI is InChI=1S/C12H19N5O.2ClH/c1-16-4-6-17(7-5-16)12-14-10-8-13-3-2-9(10)11(18)15-12;;/h13H,2-8H2,1H3,(H,14,15,18);2*1H. The van der Waals surface area contributed by atoms with E-state index in [4.69, 9.17) is 0 Å². The zero-order chi connectivity index (χ0) is 12.5. The van der Waals surface area contributed by atoms with Crippen LogP contribution in [-0.2, 0) is 13.0 Å². The van der Waals surface area contributed by atoms with E-state index in [0.717, 1.165) is 56.4 Å². The van der Waals surface area contributed by atoms with E-state index >= 15 is 0 Å². The molecule has 6 nitrogen and oxygen atoms in total. The third-order valence-electron chi connectivity index (χ3n) is 3.74. The van der Waals surface area contributed by atoms with Gasteiger partial charge in [-0.25, -0.2) is 4.98 Å². The third kappa shape index (κ3) is 3.44. The molecule has 0 saturated carbocycles. The van der Waals surface area contributed by atoms with E-state index in [1.165, 1.54) is 0 Å². The lowest BCUT2D eigenvalue weighted by Gasteiger charge is -2.33. The molecule has 0 amide bonds. The maximum atomic E-state index is 12.0. The van der Waals surface area contributed by atoms with Gasteiger partial charge in [0.1, 0.15) is 0 Å². The molecule has 3 heterocycles. The number of nitrogens with zero attached hydrogens (tertiary/aromatic N) is 3. The molecule has 3 rings (SSSR count). The van der Waals surface area contributed by atoms with Crippen molar-refractivity contribution in [1.82, 2.24) is 20.2 Å². The number of hydrogen-bond acceptors (Lipinski definition) is 5. The predicted molar refractivity (Wildman–Crippen MR) is 84.5 cm³/mol. The summed E-state index contributed by atoms with van der Waals surface area (Å²) in [4.78, 5) is 24.0. The first-order valence-electron chi connectivity index (χ1n) is 6.50. The lowest BCUT2D eigenvalue weighted by atomic mass is 10.1. The fourth-order valence-corrected chi connectivity index (χ4v) is 2.52. The first kappa shape index (κ1) is 17.2. The van der Waals surface area contributed by atoms with Crippen LogP contribution in [0.3, 0.4) is 0 Å². The second kappa shape index (κ2) is 7.26. The van der Waals surface area contributed by atoms with Gasteiger partial charge in [0.2, 0.25) is 5.95 Å². The van der Waals surface area contributed by atoms with Gasteiger partial charge in [-0.2, -0.15) is 0 Å². The van der Waals surface area contributed by atoms with E-state index in [1.807, 2.05) is 0 Å². The number of aromatic nitrogens is 2. The second-order valence-corrected chi connectivity index (χ2v) is 5.03. The highest BCUT2D eigenvalue weighted by Gasteiger charge is 2.20. The topological polar surface area (TPSA) is 64.3 Å². The Morgan fingerprint density at radius 2 is 1.85 bits per heavy atom. The van der Waals surface area contributed by atoms with Crippen LogP contribution in [0.4, 0.5) is 5.95 Å². The molecule has 0 radical (unpaired) electrons. The number of likely N-dealkylation sites (N-methyl/N-ethyl adjacent to an activating group) is 1. The zero-order valence-electron chi connectivity index (χ0n) is 11.5. The van der Waals surface area contributed by atoms with Crippen LogP contribution in [0.1, 0.15) is 11.3 Å². The number of piperazine rings is 1. The third-order valence-corrected chi connectivity index (χ3v) is 3.74. The molecule has 114 valence electrons. The molecule has 20 heavy (non-hydrogen) atoms. The number of fused-ring (bicyclic) bond motifs is 1. The molecule has 1 fully saturated rings. The number of H-pyrrole nitrogens is 1. The van der Waals surface area contributed by atoms with E-state index in [9.17, 15) is 4.79 Å². The van der Waals surface area contributed by atoms with Gasteiger partial charge in [0, 0.05) is 38.3 Å². The molecule has 0 bridgehead atoms. The first-order chi connectivity index (χ1) is 8.74. The molecule has 0 spiro atoms. The van der Waals surface area contributed by atoms with Crippen LogP contribution in [0.15, 0.2) is 4.79 Å². The maximum absolute atomic E-state index is 12.0. The Labute approximate surface area is 130 Å². The van der Waals surface area contributed by atoms with Crippen LogP contribution in [0.5, 0.6) is 0 Å². The number of nitrogens with one attached hydrogen (secondary N) is 2. The highest BCUT2D eigenvalue weighted by atomic mass is 35.5. The summed E-state index contributed by atoms with van der Waals surface area (Å²) in [5.41, 5.74) is 1.81. The minimum Gasteiger partial charge on any atom is -0.340 e. The van der Waals surface area contributed by atoms with Crippen molar-refractivity contribution in [2.45, 2.75) is 13.0 Å². The van der Waals surface area contributed by atoms with Gasteiger partial charge in [-0.1, -0.05) is 0 Å². The van der Waals surface area contributed by atoms with Crippen LogP contribution >= 0.6 is 24.8 Å². The number of anilines is 1. The lowest BCUT2D eigenvalue weighted by Crippen LogP contribution is -2.46. The highest BCUT2D eigenvalue weighted by molar-refractivity contribution is 5.85. The molecule has 0 aromatic carbocycles. The van der Waals surface area contributed by atoms with Crippen molar-refractivity contribution in [3.8, 4) is 0 Å². The van der Waals surface area contributed by atoms with E-state index in [1.54, 1.807) is 0 Å². The summed E-state index contributed by atoms with van der Waals surface area (Å²) in [6.07, 6.45) is 0.778. The summed E-state index contributed by atoms with van der Waals surface area (Å²) in [5.74, 6) is 0.732. The highest BCUT2D eigenvalue weighted by Crippen LogP contribution is 2.13. The quantitative estimate of drug-likeness (QED) is 0.763. The maximum Gasteiger partial charge on any atom is 0.255 e. The summed E-state index contributed by atoms with van der Waals surface area (Å²) >= 11 is 0. The monoisotopic (exact) mass is 321 g/mol. The van der Waals surface area contributed by atoms with E-state index < -0.39 is 0 Å². The minimum absolute atomic E-state index is 0. The summed E-state index contributed by atoms with van der Waals surface area (Å²) in [7, 11) is 2.12. The summed E-state index contributed by atoms with van der Waals surface area (Å²) in [5, 5.41) is 3.26. The van der Waals surface area contributed by atoms with E-state index in [0.29, 0.717) is 6.54 Å². The number of aromatic amines is 1. The van der Waals surface area contributed by atoms with E-state index in [-0.39, 0.29) is 30.4 Å². The van der Waals surface area contributed by atoms with Crippen molar-refractivity contribution in [2.75, 3.05) is 44.7 Å². The predicted octanol–water partition coefficient (Wildman–Crippen LogP) is 0.0110. The van der Waals surface area contributed by atoms with Crippen molar-refractivity contribution in [2.24, 2.45) is 0 Å². The average Bonchev–Trinajstić information content (AvgIpc) is 2.39. The molecular formula is C12H21Cl2N5O. The Bertz CT molecular complexity index is 499. The largest absolute Gasteiger partial charge is 0.340 e. The Morgan fingerprint density at radius 3 is 2.55 bits per heavy atom. The van der Waals surface area contributed by atoms with Crippen molar-refractivity contribution in [1.29, 1.82) is 0 Å². The van der Waals surface area contributed by atoms with Gasteiger partial charge in [0.15, 0.2) is 0 Å². The van der Waals surface area contributed by atoms with Gasteiger partial charge in [-0.3, -0.25) is 9.78 Å². The Balaban J connectivity index is 0.000001000. The van der Waals surface area contributed by atoms with Crippen molar-refractivity contribution in [3.05, 3.63) is 21.6 Å². The summed E-state index contributed by atoms with van der Waals surface area (Å²) in [6, 6.07) is 0. The van der Waals surface area contributed by atoms with Crippen molar-refractivity contribution >= 4 is 30.8 Å². The smallest absolute Gasteiger partial charge is 0.255 e. The van der Waals surface area contributed by atoms with Gasteiger partial charge in [0.25, 0.3) is 5.56 Å². The lowest BCUT2D eigenvalue weighted by molar-refractivity contribution is 0.311. The number of rotatable bonds is 1. The molecule has 8 heteroatoms. The normalized spacial score (nSPS) is 18.8. The minimum atomic E-state index is 0. The van der Waals surface area contributed by atoms with E-state index in [2.05, 4.69) is 32.1 Å². The molecule has 1 aromatic rings. The van der Waals surface area contributed by atoms with Crippen LogP contribution in [0, 0.1) is 0 Å². The summed E-state index contributed by atoms with van der Waals surface area (Å²) < 4.78 is 0. The van der Waals surface area contributed by atoms with Gasteiger partial charge in [0.05, 0.1) is 5.69 Å². The molecule has 0 aliphatic carbocycles. The molecule has 1 aromatic heterocycles. The van der Waals surface area contributed by atoms with Crippen LogP contribution in [-0.4, -0.2) is 54.6 Å². The van der Waals surface area contributed by atoms with Gasteiger partial charge in [-0.05, 0) is 20.0 Å². The molecule has 0 atom stereocenters. The second-order valence-electron chi connectivity index (χ2n) is 5.03. The fraction of sp³-hybridized carbons (Fsp3) is 0.667. The molecule has 2 N–H and O–H groups in total. The molecular weight excluding hydrogens is 301 g/mol. The Morgan fingerprint density at radius 1 is 1.15 bits per heavy atom. The molecule has 1 saturated heterocycles. The molecule has 2 aliphatic rings. The van der Waals surface area contributed by atoms with Crippen LogP contribution in [0.2, 0.25) is 0 Å². The molecule has 0 unspecified atom stereocenters. The first-order valence-corrected chi connectivity index (χ1v) is 6.50. The Kier molecular flexibility index (Phi) is 6.26. The van der Waals surface area contributed by atoms with Crippen molar-refractivity contribution in [3.63, 3.8) is 0 Å². The summed E-state index contributed by atoms with van der Waals surface area (Å²) in [6.45, 7) is 5.45. The average molecular weight is 322 g/mol. The number of hydrogen-bond donors (Lipinski definition) is 2. The zero-order valence-corrected chi connectivity index (χ0v) is 13.1. The van der Waals surface area contributed by atoms with Crippen LogP contribution in [0.25, 0.3) is 0 Å². The van der Waals surface area contributed by atoms with Gasteiger partial charge < -0.3 is 15.1 Å². The van der Waals surface area contributed by atoms with Gasteiger partial charge >= 0.3 is 0 Å². The van der Waals surface area contributed by atoms with Gasteiger partial charge in [-0.15, -0.1) is 24.8 Å². The number of halogens is 2. The van der Waals surface area contributed by atoms with Crippen LogP contribution < -0.4 is 15.8 Å². The fourth-order valence-electron chi connectivity index (χ4n) is 2.52. The van der Waals surface area contributed by atoms with Crippen molar-refractivity contribution < 1.29 is 0 Å². The molecule has 2 aliphatic heterocycles.